The summed E-state index contributed by atoms with van der Waals surface area (Å²) in [6.07, 6.45) is 1.37. The summed E-state index contributed by atoms with van der Waals surface area (Å²) >= 11 is 0. The Morgan fingerprint density at radius 2 is 1.56 bits per heavy atom. The molecule has 2 heterocycles. The van der Waals surface area contributed by atoms with Crippen LogP contribution in [0, 0.1) is 0 Å². The SMILES string of the molecule is NC(N)=NCCC[C@H](NC(=O)[C@H](CC(=O)O)NC(=O)[C@@H]1CCCN1C(=O)[C@@H]1CCCN1C(=O)[C@@H](N)Cc1ccccc1)C(=O)O. The van der Waals surface area contributed by atoms with Crippen LogP contribution >= 0.6 is 0 Å². The van der Waals surface area contributed by atoms with Crippen LogP contribution in [0.25, 0.3) is 0 Å². The first kappa shape index (κ1) is 34.8. The number of aliphatic imine (C=N–C) groups is 1. The smallest absolute Gasteiger partial charge is 0.326 e. The third kappa shape index (κ3) is 9.89. The summed E-state index contributed by atoms with van der Waals surface area (Å²) < 4.78 is 0. The van der Waals surface area contributed by atoms with Crippen LogP contribution in [0.4, 0.5) is 0 Å². The number of benzene rings is 1. The second kappa shape index (κ2) is 16.4. The van der Waals surface area contributed by atoms with Crippen LogP contribution in [0.3, 0.4) is 0 Å². The summed E-state index contributed by atoms with van der Waals surface area (Å²) in [4.78, 5) is 83.1. The van der Waals surface area contributed by atoms with Crippen molar-refractivity contribution in [2.24, 2.45) is 22.2 Å². The number of aliphatic carboxylic acids is 2. The lowest BCUT2D eigenvalue weighted by atomic mass is 10.0. The number of guanidine groups is 1. The molecule has 3 rings (SSSR count). The zero-order valence-electron chi connectivity index (χ0n) is 25.0. The molecular weight excluding hydrogens is 588 g/mol. The Labute approximate surface area is 260 Å². The van der Waals surface area contributed by atoms with Crippen LogP contribution in [0.15, 0.2) is 35.3 Å². The largest absolute Gasteiger partial charge is 0.481 e. The number of hydrogen-bond acceptors (Lipinski definition) is 8. The maximum Gasteiger partial charge on any atom is 0.326 e. The van der Waals surface area contributed by atoms with E-state index in [1.165, 1.54) is 9.80 Å². The lowest BCUT2D eigenvalue weighted by molar-refractivity contribution is -0.148. The van der Waals surface area contributed by atoms with E-state index in [1.54, 1.807) is 0 Å². The van der Waals surface area contributed by atoms with Gasteiger partial charge in [0.05, 0.1) is 12.5 Å². The number of likely N-dealkylation sites (tertiary alicyclic amines) is 2. The molecule has 0 spiro atoms. The van der Waals surface area contributed by atoms with E-state index in [4.69, 9.17) is 17.2 Å². The Kier molecular flexibility index (Phi) is 12.6. The Hall–Kier alpha value is -4.73. The number of carboxylic acid groups (broad SMARTS) is 2. The van der Waals surface area contributed by atoms with Gasteiger partial charge in [0.1, 0.15) is 24.2 Å². The van der Waals surface area contributed by atoms with Gasteiger partial charge in [-0.3, -0.25) is 29.0 Å². The number of rotatable bonds is 15. The third-order valence-corrected chi connectivity index (χ3v) is 7.85. The van der Waals surface area contributed by atoms with Gasteiger partial charge in [0, 0.05) is 19.6 Å². The van der Waals surface area contributed by atoms with Gasteiger partial charge in [0.2, 0.25) is 23.6 Å². The van der Waals surface area contributed by atoms with E-state index < -0.39 is 66.3 Å². The molecule has 0 aromatic heterocycles. The Morgan fingerprint density at radius 3 is 2.18 bits per heavy atom. The molecule has 16 nitrogen and oxygen atoms in total. The molecule has 1 aromatic carbocycles. The van der Waals surface area contributed by atoms with Crippen LogP contribution in [-0.4, -0.2) is 111 Å². The molecule has 45 heavy (non-hydrogen) atoms. The maximum absolute atomic E-state index is 13.7. The Balaban J connectivity index is 1.66. The molecule has 2 fully saturated rings. The van der Waals surface area contributed by atoms with Gasteiger partial charge in [-0.15, -0.1) is 0 Å². The van der Waals surface area contributed by atoms with Crippen LogP contribution in [-0.2, 0) is 35.2 Å². The molecule has 246 valence electrons. The molecule has 16 heteroatoms. The van der Waals surface area contributed by atoms with Crippen molar-refractivity contribution in [3.63, 3.8) is 0 Å². The minimum absolute atomic E-state index is 0.0535. The fourth-order valence-electron chi connectivity index (χ4n) is 5.64. The van der Waals surface area contributed by atoms with Crippen LogP contribution in [0.5, 0.6) is 0 Å². The van der Waals surface area contributed by atoms with Crippen LogP contribution in [0.1, 0.15) is 50.5 Å². The van der Waals surface area contributed by atoms with Crippen molar-refractivity contribution in [3.05, 3.63) is 35.9 Å². The zero-order valence-corrected chi connectivity index (χ0v) is 25.0. The number of nitrogens with two attached hydrogens (primary N) is 3. The van der Waals surface area contributed by atoms with Crippen molar-refractivity contribution >= 4 is 41.5 Å². The number of amides is 4. The first-order valence-corrected chi connectivity index (χ1v) is 14.9. The van der Waals surface area contributed by atoms with E-state index in [-0.39, 0.29) is 44.2 Å². The highest BCUT2D eigenvalue weighted by atomic mass is 16.4. The van der Waals surface area contributed by atoms with Crippen molar-refractivity contribution in [1.82, 2.24) is 20.4 Å². The molecule has 0 bridgehead atoms. The van der Waals surface area contributed by atoms with E-state index in [9.17, 15) is 39.0 Å². The Morgan fingerprint density at radius 1 is 0.911 bits per heavy atom. The first-order chi connectivity index (χ1) is 21.4. The van der Waals surface area contributed by atoms with E-state index in [1.807, 2.05) is 30.3 Å². The van der Waals surface area contributed by atoms with Crippen molar-refractivity contribution < 1.29 is 39.0 Å². The fraction of sp³-hybridized carbons (Fsp3) is 0.552. The van der Waals surface area contributed by atoms with Crippen LogP contribution < -0.4 is 27.8 Å². The lowest BCUT2D eigenvalue weighted by Gasteiger charge is -2.32. The monoisotopic (exact) mass is 630 g/mol. The number of carboxylic acids is 2. The number of nitrogens with zero attached hydrogens (tertiary/aromatic N) is 3. The van der Waals surface area contributed by atoms with E-state index in [0.717, 1.165) is 5.56 Å². The van der Waals surface area contributed by atoms with Crippen molar-refractivity contribution in [2.45, 2.75) is 81.6 Å². The van der Waals surface area contributed by atoms with Gasteiger partial charge in [-0.05, 0) is 50.5 Å². The van der Waals surface area contributed by atoms with Crippen molar-refractivity contribution in [3.8, 4) is 0 Å². The van der Waals surface area contributed by atoms with Gasteiger partial charge < -0.3 is 47.8 Å². The minimum Gasteiger partial charge on any atom is -0.481 e. The standard InChI is InChI=1S/C29H42N8O8/c30-18(15-17-7-2-1-3-8-17)26(42)37-14-6-11-22(37)27(43)36-13-5-10-21(36)25(41)35-20(16-23(38)39)24(40)34-19(28(44)45)9-4-12-33-29(31)32/h1-3,7-8,18-22H,4-6,9-16,30H2,(H,34,40)(H,35,41)(H,38,39)(H,44,45)(H4,31,32,33)/t18-,19-,20-,21-,22-/m0/s1. The number of hydrogen-bond donors (Lipinski definition) is 7. The Bertz CT molecular complexity index is 1270. The average molecular weight is 631 g/mol. The summed E-state index contributed by atoms with van der Waals surface area (Å²) in [5.74, 6) is -5.47. The molecule has 1 aromatic rings. The molecule has 2 aliphatic heterocycles. The summed E-state index contributed by atoms with van der Waals surface area (Å²) in [5, 5.41) is 23.6. The summed E-state index contributed by atoms with van der Waals surface area (Å²) in [7, 11) is 0. The molecule has 4 amide bonds. The summed E-state index contributed by atoms with van der Waals surface area (Å²) in [6.45, 7) is 0.698. The quantitative estimate of drug-likeness (QED) is 0.0640. The van der Waals surface area contributed by atoms with Crippen LogP contribution in [0.2, 0.25) is 0 Å². The zero-order chi connectivity index (χ0) is 33.1. The van der Waals surface area contributed by atoms with Crippen molar-refractivity contribution in [1.29, 1.82) is 0 Å². The average Bonchev–Trinajstić information content (AvgIpc) is 3.68. The molecule has 10 N–H and O–H groups in total. The highest BCUT2D eigenvalue weighted by Gasteiger charge is 2.43. The molecular formula is C29H42N8O8. The van der Waals surface area contributed by atoms with E-state index >= 15 is 0 Å². The number of carbonyl (C=O) groups is 6. The molecule has 5 atom stereocenters. The second-order valence-electron chi connectivity index (χ2n) is 11.2. The van der Waals surface area contributed by atoms with Gasteiger partial charge in [0.15, 0.2) is 5.96 Å². The molecule has 0 aliphatic carbocycles. The predicted octanol–water partition coefficient (Wildman–Crippen LogP) is -1.88. The van der Waals surface area contributed by atoms with Crippen molar-refractivity contribution in [2.75, 3.05) is 19.6 Å². The van der Waals surface area contributed by atoms with Gasteiger partial charge in [-0.2, -0.15) is 0 Å². The molecule has 2 saturated heterocycles. The number of carbonyl (C=O) groups excluding carboxylic acids is 4. The van der Waals surface area contributed by atoms with Gasteiger partial charge >= 0.3 is 11.9 Å². The highest BCUT2D eigenvalue weighted by Crippen LogP contribution is 2.26. The van der Waals surface area contributed by atoms with Gasteiger partial charge in [0.25, 0.3) is 0 Å². The predicted molar refractivity (Wildman–Crippen MR) is 161 cm³/mol. The summed E-state index contributed by atoms with van der Waals surface area (Å²) in [6, 6.07) is 3.62. The molecule has 0 saturated carbocycles. The second-order valence-corrected chi connectivity index (χ2v) is 11.2. The lowest BCUT2D eigenvalue weighted by Crippen LogP contribution is -2.58. The molecule has 0 radical (unpaired) electrons. The maximum atomic E-state index is 13.7. The van der Waals surface area contributed by atoms with Gasteiger partial charge in [-0.25, -0.2) is 4.79 Å². The minimum atomic E-state index is -1.60. The van der Waals surface area contributed by atoms with Gasteiger partial charge in [-0.1, -0.05) is 30.3 Å². The third-order valence-electron chi connectivity index (χ3n) is 7.85. The molecule has 2 aliphatic rings. The number of nitrogens with one attached hydrogen (secondary N) is 2. The van der Waals surface area contributed by atoms with E-state index in [0.29, 0.717) is 32.2 Å². The first-order valence-electron chi connectivity index (χ1n) is 14.9. The highest BCUT2D eigenvalue weighted by molar-refractivity contribution is 5.97. The topological polar surface area (TPSA) is 264 Å². The normalized spacial score (nSPS) is 19.7. The fourth-order valence-corrected chi connectivity index (χ4v) is 5.64. The van der Waals surface area contributed by atoms with E-state index in [2.05, 4.69) is 15.6 Å². The molecule has 0 unspecified atom stereocenters. The summed E-state index contributed by atoms with van der Waals surface area (Å²) in [5.41, 5.74) is 17.6.